The molecule has 0 saturated carbocycles. The molecule has 0 aliphatic heterocycles. The number of hydrogen-bond acceptors (Lipinski definition) is 2. The van der Waals surface area contributed by atoms with Crippen LogP contribution in [0.25, 0.3) is 10.8 Å². The van der Waals surface area contributed by atoms with E-state index in [1.165, 1.54) is 6.07 Å². The highest BCUT2D eigenvalue weighted by Gasteiger charge is 2.11. The Bertz CT molecular complexity index is 799. The third-order valence-corrected chi connectivity index (χ3v) is 3.99. The molecule has 2 N–H and O–H groups in total. The predicted octanol–water partition coefficient (Wildman–Crippen LogP) is 4.67. The molecular weight excluding hydrogens is 301 g/mol. The topological polar surface area (TPSA) is 35.2 Å². The molecule has 0 heterocycles. The maximum absolute atomic E-state index is 13.8. The molecule has 3 aromatic rings. The number of nitrogens with two attached hydrogens (primary N) is 1. The van der Waals surface area contributed by atoms with Crippen molar-refractivity contribution in [3.8, 4) is 5.75 Å². The van der Waals surface area contributed by atoms with E-state index in [1.807, 2.05) is 36.4 Å². The molecule has 3 aromatic carbocycles. The summed E-state index contributed by atoms with van der Waals surface area (Å²) in [4.78, 5) is 0. The van der Waals surface area contributed by atoms with Crippen LogP contribution in [0.15, 0.2) is 54.6 Å². The summed E-state index contributed by atoms with van der Waals surface area (Å²) in [6, 6.07) is 16.4. The van der Waals surface area contributed by atoms with Crippen molar-refractivity contribution in [2.75, 3.05) is 0 Å². The third-order valence-electron chi connectivity index (χ3n) is 3.64. The SMILES string of the molecule is NCc1c(OCc2c(F)cccc2Cl)ccc2ccccc12. The quantitative estimate of drug-likeness (QED) is 0.759. The van der Waals surface area contributed by atoms with Gasteiger partial charge in [-0.3, -0.25) is 0 Å². The first-order valence-corrected chi connectivity index (χ1v) is 7.35. The minimum atomic E-state index is -0.373. The van der Waals surface area contributed by atoms with Gasteiger partial charge < -0.3 is 10.5 Å². The maximum atomic E-state index is 13.8. The first kappa shape index (κ1) is 14.8. The molecular formula is C18H15ClFNO. The Labute approximate surface area is 133 Å². The van der Waals surface area contributed by atoms with Crippen LogP contribution < -0.4 is 10.5 Å². The number of hydrogen-bond donors (Lipinski definition) is 1. The first-order chi connectivity index (χ1) is 10.7. The fraction of sp³-hybridized carbons (Fsp3) is 0.111. The molecule has 0 saturated heterocycles. The molecule has 4 heteroatoms. The largest absolute Gasteiger partial charge is 0.488 e. The predicted molar refractivity (Wildman–Crippen MR) is 87.6 cm³/mol. The Kier molecular flexibility index (Phi) is 4.27. The molecule has 0 amide bonds. The summed E-state index contributed by atoms with van der Waals surface area (Å²) >= 11 is 6.02. The van der Waals surface area contributed by atoms with Crippen LogP contribution in [0.4, 0.5) is 4.39 Å². The summed E-state index contributed by atoms with van der Waals surface area (Å²) in [7, 11) is 0. The van der Waals surface area contributed by atoms with Crippen LogP contribution in [0.1, 0.15) is 11.1 Å². The Morgan fingerprint density at radius 3 is 2.55 bits per heavy atom. The van der Waals surface area contributed by atoms with Gasteiger partial charge in [0.1, 0.15) is 18.2 Å². The van der Waals surface area contributed by atoms with Crippen LogP contribution in [-0.4, -0.2) is 0 Å². The summed E-state index contributed by atoms with van der Waals surface area (Å²) in [6.45, 7) is 0.415. The highest BCUT2D eigenvalue weighted by molar-refractivity contribution is 6.31. The monoisotopic (exact) mass is 315 g/mol. The molecule has 0 radical (unpaired) electrons. The number of benzene rings is 3. The Hall–Kier alpha value is -2.10. The van der Waals surface area contributed by atoms with Gasteiger partial charge in [-0.05, 0) is 29.0 Å². The lowest BCUT2D eigenvalue weighted by atomic mass is 10.0. The van der Waals surface area contributed by atoms with E-state index < -0.39 is 0 Å². The second-order valence-corrected chi connectivity index (χ2v) is 5.36. The van der Waals surface area contributed by atoms with Gasteiger partial charge in [-0.2, -0.15) is 0 Å². The van der Waals surface area contributed by atoms with Gasteiger partial charge in [0, 0.05) is 17.7 Å². The molecule has 2 nitrogen and oxygen atoms in total. The number of ether oxygens (including phenoxy) is 1. The normalized spacial score (nSPS) is 10.9. The Morgan fingerprint density at radius 2 is 1.77 bits per heavy atom. The molecule has 0 atom stereocenters. The summed E-state index contributed by atoms with van der Waals surface area (Å²) in [5.41, 5.74) is 7.12. The maximum Gasteiger partial charge on any atom is 0.131 e. The number of halogens is 2. The highest BCUT2D eigenvalue weighted by Crippen LogP contribution is 2.29. The van der Waals surface area contributed by atoms with Crippen molar-refractivity contribution >= 4 is 22.4 Å². The van der Waals surface area contributed by atoms with Crippen molar-refractivity contribution in [1.82, 2.24) is 0 Å². The van der Waals surface area contributed by atoms with Crippen LogP contribution >= 0.6 is 11.6 Å². The van der Waals surface area contributed by atoms with Gasteiger partial charge in [0.25, 0.3) is 0 Å². The molecule has 112 valence electrons. The van der Waals surface area contributed by atoms with E-state index in [0.717, 1.165) is 16.3 Å². The standard InChI is InChI=1S/C18H15ClFNO/c19-16-6-3-7-17(20)15(16)11-22-18-9-8-12-4-1-2-5-13(12)14(18)10-21/h1-9H,10-11,21H2. The van der Waals surface area contributed by atoms with Crippen molar-refractivity contribution in [3.63, 3.8) is 0 Å². The summed E-state index contributed by atoms with van der Waals surface area (Å²) in [6.07, 6.45) is 0. The fourth-order valence-corrected chi connectivity index (χ4v) is 2.70. The van der Waals surface area contributed by atoms with Gasteiger partial charge in [0.05, 0.1) is 5.02 Å². The molecule has 0 bridgehead atoms. The van der Waals surface area contributed by atoms with Gasteiger partial charge in [0.15, 0.2) is 0 Å². The van der Waals surface area contributed by atoms with E-state index in [4.69, 9.17) is 22.1 Å². The molecule has 0 aliphatic rings. The Balaban J connectivity index is 1.94. The van der Waals surface area contributed by atoms with Crippen molar-refractivity contribution in [1.29, 1.82) is 0 Å². The van der Waals surface area contributed by atoms with Crippen LogP contribution in [0, 0.1) is 5.82 Å². The zero-order valence-corrected chi connectivity index (χ0v) is 12.6. The van der Waals surface area contributed by atoms with Crippen molar-refractivity contribution in [2.24, 2.45) is 5.73 Å². The third kappa shape index (κ3) is 2.78. The number of rotatable bonds is 4. The lowest BCUT2D eigenvalue weighted by Crippen LogP contribution is -2.05. The molecule has 0 aliphatic carbocycles. The fourth-order valence-electron chi connectivity index (χ4n) is 2.48. The van der Waals surface area contributed by atoms with Crippen molar-refractivity contribution in [3.05, 3.63) is 76.6 Å². The molecule has 0 spiro atoms. The molecule has 22 heavy (non-hydrogen) atoms. The summed E-state index contributed by atoms with van der Waals surface area (Å²) in [5, 5.41) is 2.50. The van der Waals surface area contributed by atoms with Crippen molar-refractivity contribution < 1.29 is 9.13 Å². The van der Waals surface area contributed by atoms with E-state index in [9.17, 15) is 4.39 Å². The average Bonchev–Trinajstić information content (AvgIpc) is 2.54. The Morgan fingerprint density at radius 1 is 0.955 bits per heavy atom. The minimum absolute atomic E-state index is 0.0663. The van der Waals surface area contributed by atoms with E-state index in [0.29, 0.717) is 22.9 Å². The summed E-state index contributed by atoms with van der Waals surface area (Å²) in [5.74, 6) is 0.281. The summed E-state index contributed by atoms with van der Waals surface area (Å²) < 4.78 is 19.6. The zero-order valence-electron chi connectivity index (χ0n) is 11.9. The van der Waals surface area contributed by atoms with Crippen molar-refractivity contribution in [2.45, 2.75) is 13.2 Å². The van der Waals surface area contributed by atoms with E-state index >= 15 is 0 Å². The van der Waals surface area contributed by atoms with E-state index in [2.05, 4.69) is 0 Å². The lowest BCUT2D eigenvalue weighted by molar-refractivity contribution is 0.297. The average molecular weight is 316 g/mol. The smallest absolute Gasteiger partial charge is 0.131 e. The highest BCUT2D eigenvalue weighted by atomic mass is 35.5. The minimum Gasteiger partial charge on any atom is -0.488 e. The molecule has 0 fully saturated rings. The van der Waals surface area contributed by atoms with E-state index in [1.54, 1.807) is 12.1 Å². The van der Waals surface area contributed by atoms with Gasteiger partial charge >= 0.3 is 0 Å². The second-order valence-electron chi connectivity index (χ2n) is 4.96. The van der Waals surface area contributed by atoms with Crippen LogP contribution in [0.5, 0.6) is 5.75 Å². The van der Waals surface area contributed by atoms with E-state index in [-0.39, 0.29) is 12.4 Å². The lowest BCUT2D eigenvalue weighted by Gasteiger charge is -2.14. The number of fused-ring (bicyclic) bond motifs is 1. The molecule has 0 aromatic heterocycles. The van der Waals surface area contributed by atoms with Gasteiger partial charge in [-0.15, -0.1) is 0 Å². The van der Waals surface area contributed by atoms with Gasteiger partial charge in [0.2, 0.25) is 0 Å². The van der Waals surface area contributed by atoms with Crippen LogP contribution in [0.3, 0.4) is 0 Å². The van der Waals surface area contributed by atoms with Gasteiger partial charge in [-0.25, -0.2) is 4.39 Å². The first-order valence-electron chi connectivity index (χ1n) is 6.97. The van der Waals surface area contributed by atoms with Crippen LogP contribution in [-0.2, 0) is 13.2 Å². The van der Waals surface area contributed by atoms with Gasteiger partial charge in [-0.1, -0.05) is 48.0 Å². The molecule has 0 unspecified atom stereocenters. The molecule has 3 rings (SSSR count). The van der Waals surface area contributed by atoms with Crippen LogP contribution in [0.2, 0.25) is 5.02 Å². The zero-order chi connectivity index (χ0) is 15.5. The second kappa shape index (κ2) is 6.34.